The van der Waals surface area contributed by atoms with Gasteiger partial charge < -0.3 is 9.80 Å². The van der Waals surface area contributed by atoms with E-state index in [4.69, 9.17) is 0 Å². The van der Waals surface area contributed by atoms with Gasteiger partial charge in [-0.05, 0) is 53.4 Å². The molecule has 0 radical (unpaired) electrons. The van der Waals surface area contributed by atoms with Crippen molar-refractivity contribution in [1.29, 1.82) is 0 Å². The van der Waals surface area contributed by atoms with Gasteiger partial charge in [-0.25, -0.2) is 9.67 Å². The van der Waals surface area contributed by atoms with Gasteiger partial charge in [-0.2, -0.15) is 5.10 Å². The van der Waals surface area contributed by atoms with Crippen molar-refractivity contribution >= 4 is 33.3 Å². The van der Waals surface area contributed by atoms with Crippen LogP contribution in [0.15, 0.2) is 41.4 Å². The van der Waals surface area contributed by atoms with Crippen molar-refractivity contribution in [3.8, 4) is 5.69 Å². The molecule has 0 saturated carbocycles. The Morgan fingerprint density at radius 1 is 1.07 bits per heavy atom. The number of nitrogens with zero attached hydrogens (tertiary/aromatic N) is 6. The van der Waals surface area contributed by atoms with Crippen LogP contribution in [0.5, 0.6) is 0 Å². The summed E-state index contributed by atoms with van der Waals surface area (Å²) in [4.78, 5) is 25.7. The molecule has 8 heteroatoms. The Kier molecular flexibility index (Phi) is 4.16. The molecule has 0 aliphatic carbocycles. The second-order valence-corrected chi connectivity index (χ2v) is 8.09. The number of aryl methyl sites for hydroxylation is 1. The van der Waals surface area contributed by atoms with Crippen LogP contribution in [-0.4, -0.2) is 38.7 Å². The number of aromatic nitrogens is 4. The highest BCUT2D eigenvalue weighted by atomic mass is 79.9. The van der Waals surface area contributed by atoms with Crippen LogP contribution in [-0.2, 0) is 6.54 Å². The third-order valence-electron chi connectivity index (χ3n) is 5.22. The number of anilines is 2. The largest absolute Gasteiger partial charge is 0.356 e. The van der Waals surface area contributed by atoms with Gasteiger partial charge in [-0.15, -0.1) is 0 Å². The van der Waals surface area contributed by atoms with Gasteiger partial charge in [0.25, 0.3) is 5.91 Å². The highest BCUT2D eigenvalue weighted by Crippen LogP contribution is 2.31. The monoisotopic (exact) mass is 438 g/mol. The fraction of sp³-hybridized carbons (Fsp3) is 0.300. The minimum Gasteiger partial charge on any atom is -0.356 e. The summed E-state index contributed by atoms with van der Waals surface area (Å²) in [6.07, 6.45) is 9.50. The normalized spacial score (nSPS) is 16.1. The maximum absolute atomic E-state index is 12.9. The van der Waals surface area contributed by atoms with Gasteiger partial charge in [0.05, 0.1) is 46.0 Å². The number of fused-ring (bicyclic) bond motifs is 1. The molecule has 28 heavy (non-hydrogen) atoms. The molecule has 0 aromatic carbocycles. The van der Waals surface area contributed by atoms with Crippen molar-refractivity contribution in [1.82, 2.24) is 19.7 Å². The predicted octanol–water partition coefficient (Wildman–Crippen LogP) is 3.49. The molecule has 1 fully saturated rings. The zero-order chi connectivity index (χ0) is 19.3. The first kappa shape index (κ1) is 17.4. The summed E-state index contributed by atoms with van der Waals surface area (Å²) in [6, 6.07) is 3.97. The van der Waals surface area contributed by atoms with E-state index in [0.29, 0.717) is 12.1 Å². The van der Waals surface area contributed by atoms with Crippen molar-refractivity contribution in [3.05, 3.63) is 58.2 Å². The molecule has 0 spiro atoms. The molecule has 0 unspecified atom stereocenters. The van der Waals surface area contributed by atoms with Gasteiger partial charge in [0.1, 0.15) is 5.82 Å². The van der Waals surface area contributed by atoms with E-state index in [-0.39, 0.29) is 5.91 Å². The van der Waals surface area contributed by atoms with Crippen LogP contribution in [0.1, 0.15) is 34.5 Å². The van der Waals surface area contributed by atoms with Crippen LogP contribution in [0.2, 0.25) is 0 Å². The Morgan fingerprint density at radius 3 is 2.61 bits per heavy atom. The number of pyridine rings is 2. The highest BCUT2D eigenvalue weighted by molar-refractivity contribution is 9.10. The van der Waals surface area contributed by atoms with Gasteiger partial charge in [0, 0.05) is 25.5 Å². The Labute approximate surface area is 171 Å². The maximum atomic E-state index is 12.9. The molecule has 142 valence electrons. The molecule has 0 bridgehead atoms. The minimum absolute atomic E-state index is 0.0469. The maximum Gasteiger partial charge on any atom is 0.262 e. The van der Waals surface area contributed by atoms with Gasteiger partial charge in [-0.3, -0.25) is 9.78 Å². The van der Waals surface area contributed by atoms with Crippen LogP contribution in [0.25, 0.3) is 5.69 Å². The molecule has 5 heterocycles. The first-order chi connectivity index (χ1) is 13.6. The van der Waals surface area contributed by atoms with Crippen molar-refractivity contribution in [2.75, 3.05) is 22.9 Å². The Bertz CT molecular complexity index is 1070. The zero-order valence-corrected chi connectivity index (χ0v) is 17.1. The third-order valence-corrected chi connectivity index (χ3v) is 5.81. The van der Waals surface area contributed by atoms with E-state index in [9.17, 15) is 4.79 Å². The molecular weight excluding hydrogens is 420 g/mol. The van der Waals surface area contributed by atoms with E-state index in [1.165, 1.54) is 12.8 Å². The molecule has 5 rings (SSSR count). The molecule has 3 aromatic heterocycles. The van der Waals surface area contributed by atoms with Crippen LogP contribution in [0, 0.1) is 6.92 Å². The van der Waals surface area contributed by atoms with E-state index in [2.05, 4.69) is 35.9 Å². The standard InChI is InChI=1S/C20H19BrN6O/c1-13-6-14(9-22-8-13)26-12-18-16(20(26)28)11-27(24-18)15-7-17(21)19(23-10-15)25-4-2-3-5-25/h6-11H,2-5,12H2,1H3. The summed E-state index contributed by atoms with van der Waals surface area (Å²) >= 11 is 3.64. The summed E-state index contributed by atoms with van der Waals surface area (Å²) in [5.41, 5.74) is 4.05. The van der Waals surface area contributed by atoms with Crippen LogP contribution < -0.4 is 9.80 Å². The average Bonchev–Trinajstić information content (AvgIpc) is 3.40. The van der Waals surface area contributed by atoms with Crippen molar-refractivity contribution in [3.63, 3.8) is 0 Å². The van der Waals surface area contributed by atoms with Crippen LogP contribution in [0.3, 0.4) is 0 Å². The Hall–Kier alpha value is -2.74. The van der Waals surface area contributed by atoms with Crippen LogP contribution >= 0.6 is 15.9 Å². The number of halogens is 1. The molecule has 3 aromatic rings. The lowest BCUT2D eigenvalue weighted by molar-refractivity contribution is 0.0996. The highest BCUT2D eigenvalue weighted by Gasteiger charge is 2.32. The molecule has 7 nitrogen and oxygen atoms in total. The average molecular weight is 439 g/mol. The Balaban J connectivity index is 1.42. The van der Waals surface area contributed by atoms with E-state index in [1.54, 1.807) is 28.2 Å². The number of carbonyl (C=O) groups is 1. The first-order valence-electron chi connectivity index (χ1n) is 9.33. The quantitative estimate of drug-likeness (QED) is 0.625. The van der Waals surface area contributed by atoms with E-state index < -0.39 is 0 Å². The number of amides is 1. The van der Waals surface area contributed by atoms with Gasteiger partial charge >= 0.3 is 0 Å². The second kappa shape index (κ2) is 6.70. The molecule has 0 atom stereocenters. The molecule has 2 aliphatic rings. The number of hydrogen-bond donors (Lipinski definition) is 0. The van der Waals surface area contributed by atoms with Crippen molar-refractivity contribution < 1.29 is 4.79 Å². The smallest absolute Gasteiger partial charge is 0.262 e. The summed E-state index contributed by atoms with van der Waals surface area (Å²) in [7, 11) is 0. The number of carbonyl (C=O) groups excluding carboxylic acids is 1. The predicted molar refractivity (Wildman–Crippen MR) is 110 cm³/mol. The fourth-order valence-corrected chi connectivity index (χ4v) is 4.39. The van der Waals surface area contributed by atoms with E-state index >= 15 is 0 Å². The number of rotatable bonds is 3. The Morgan fingerprint density at radius 2 is 1.89 bits per heavy atom. The first-order valence-corrected chi connectivity index (χ1v) is 10.1. The van der Waals surface area contributed by atoms with Gasteiger partial charge in [0.2, 0.25) is 0 Å². The van der Waals surface area contributed by atoms with E-state index in [1.807, 2.05) is 25.3 Å². The third kappa shape index (κ3) is 2.88. The fourth-order valence-electron chi connectivity index (χ4n) is 3.81. The lowest BCUT2D eigenvalue weighted by Gasteiger charge is -2.18. The van der Waals surface area contributed by atoms with Crippen molar-refractivity contribution in [2.45, 2.75) is 26.3 Å². The zero-order valence-electron chi connectivity index (χ0n) is 15.5. The SMILES string of the molecule is Cc1cncc(N2Cc3nn(-c4cnc(N5CCCC5)c(Br)c4)cc3C2=O)c1. The summed E-state index contributed by atoms with van der Waals surface area (Å²) in [5.74, 6) is 0.921. The topological polar surface area (TPSA) is 67.2 Å². The lowest BCUT2D eigenvalue weighted by Crippen LogP contribution is -2.24. The molecule has 1 saturated heterocycles. The van der Waals surface area contributed by atoms with Gasteiger partial charge in [0.15, 0.2) is 0 Å². The molecule has 2 aliphatic heterocycles. The van der Waals surface area contributed by atoms with E-state index in [0.717, 1.165) is 46.0 Å². The number of hydrogen-bond acceptors (Lipinski definition) is 5. The molecule has 0 N–H and O–H groups in total. The summed E-state index contributed by atoms with van der Waals surface area (Å²) in [6.45, 7) is 4.50. The summed E-state index contributed by atoms with van der Waals surface area (Å²) in [5, 5.41) is 4.64. The lowest BCUT2D eigenvalue weighted by atomic mass is 10.3. The second-order valence-electron chi connectivity index (χ2n) is 7.24. The summed E-state index contributed by atoms with van der Waals surface area (Å²) < 4.78 is 2.68. The minimum atomic E-state index is -0.0469. The van der Waals surface area contributed by atoms with Crippen molar-refractivity contribution in [2.24, 2.45) is 0 Å². The molecule has 1 amide bonds. The van der Waals surface area contributed by atoms with Gasteiger partial charge in [-0.1, -0.05) is 0 Å². The molecular formula is C20H19BrN6O. The van der Waals surface area contributed by atoms with Crippen LogP contribution in [0.4, 0.5) is 11.5 Å².